The van der Waals surface area contributed by atoms with Crippen molar-refractivity contribution < 1.29 is 5.11 Å². The van der Waals surface area contributed by atoms with Crippen LogP contribution in [0.1, 0.15) is 30.0 Å². The van der Waals surface area contributed by atoms with Gasteiger partial charge in [0.1, 0.15) is 6.33 Å². The van der Waals surface area contributed by atoms with Crippen LogP contribution in [0.5, 0.6) is 0 Å². The summed E-state index contributed by atoms with van der Waals surface area (Å²) in [5, 5.41) is 30.0. The largest absolute Gasteiger partial charge is 0.396 e. The number of aliphatic hydroxyl groups is 1. The van der Waals surface area contributed by atoms with Crippen molar-refractivity contribution in [2.75, 3.05) is 18.5 Å². The maximum atomic E-state index is 9.65. The van der Waals surface area contributed by atoms with Gasteiger partial charge in [0.2, 0.25) is 5.65 Å². The second kappa shape index (κ2) is 6.25. The van der Waals surface area contributed by atoms with Crippen LogP contribution in [0.2, 0.25) is 0 Å². The van der Waals surface area contributed by atoms with E-state index in [-0.39, 0.29) is 12.5 Å². The van der Waals surface area contributed by atoms with Crippen LogP contribution in [-0.4, -0.2) is 38.1 Å². The molecule has 3 aromatic rings. The fraction of sp³-hybridized carbons (Fsp3) is 0.438. The van der Waals surface area contributed by atoms with E-state index in [1.165, 1.54) is 18.4 Å². The van der Waals surface area contributed by atoms with Crippen molar-refractivity contribution >= 4 is 22.7 Å². The second-order valence-electron chi connectivity index (χ2n) is 6.12. The molecule has 0 radical (unpaired) electrons. The fourth-order valence-electron chi connectivity index (χ4n) is 2.75. The highest BCUT2D eigenvalue weighted by atomic mass is 32.1. The average molecular weight is 329 g/mol. The molecule has 3 aromatic heterocycles. The fourth-order valence-corrected chi connectivity index (χ4v) is 3.43. The molecule has 7 heteroatoms. The Morgan fingerprint density at radius 2 is 2.35 bits per heavy atom. The van der Waals surface area contributed by atoms with E-state index in [1.807, 2.05) is 0 Å². The third-order valence-corrected chi connectivity index (χ3v) is 4.96. The Kier molecular flexibility index (Phi) is 3.97. The van der Waals surface area contributed by atoms with Crippen molar-refractivity contribution in [1.82, 2.24) is 19.8 Å². The van der Waals surface area contributed by atoms with Gasteiger partial charge in [-0.05, 0) is 47.7 Å². The Labute approximate surface area is 138 Å². The predicted molar refractivity (Wildman–Crippen MR) is 89.8 cm³/mol. The van der Waals surface area contributed by atoms with Crippen molar-refractivity contribution in [3.8, 4) is 0 Å². The van der Waals surface area contributed by atoms with Crippen LogP contribution >= 0.6 is 11.3 Å². The monoisotopic (exact) mass is 329 g/mol. The Bertz CT molecular complexity index is 781. The molecule has 1 aliphatic rings. The van der Waals surface area contributed by atoms with Crippen LogP contribution < -0.4 is 5.32 Å². The van der Waals surface area contributed by atoms with Gasteiger partial charge in [0, 0.05) is 25.0 Å². The van der Waals surface area contributed by atoms with Gasteiger partial charge in [-0.2, -0.15) is 21.0 Å². The minimum Gasteiger partial charge on any atom is -0.396 e. The zero-order chi connectivity index (χ0) is 15.6. The summed E-state index contributed by atoms with van der Waals surface area (Å²) in [6.45, 7) is 0.857. The van der Waals surface area contributed by atoms with Crippen LogP contribution in [0, 0.1) is 5.92 Å². The number of rotatable bonds is 7. The van der Waals surface area contributed by atoms with Gasteiger partial charge in [-0.1, -0.05) is 0 Å². The summed E-state index contributed by atoms with van der Waals surface area (Å²) in [4.78, 5) is 0. The molecule has 4 rings (SSSR count). The molecule has 1 atom stereocenters. The molecule has 0 saturated heterocycles. The number of hydrogen-bond acceptors (Lipinski definition) is 6. The summed E-state index contributed by atoms with van der Waals surface area (Å²) in [5.41, 5.74) is 4.06. The van der Waals surface area contributed by atoms with E-state index in [0.717, 1.165) is 23.4 Å². The number of fused-ring (bicyclic) bond motifs is 1. The van der Waals surface area contributed by atoms with Gasteiger partial charge in [0.15, 0.2) is 0 Å². The van der Waals surface area contributed by atoms with Gasteiger partial charge >= 0.3 is 0 Å². The van der Waals surface area contributed by atoms with Crippen LogP contribution in [0.15, 0.2) is 29.2 Å². The van der Waals surface area contributed by atoms with Gasteiger partial charge in [-0.3, -0.25) is 0 Å². The number of nitrogens with one attached hydrogen (secondary N) is 1. The first-order valence-corrected chi connectivity index (χ1v) is 8.84. The van der Waals surface area contributed by atoms with Gasteiger partial charge < -0.3 is 10.4 Å². The molecule has 1 aliphatic carbocycles. The molecule has 1 unspecified atom stereocenters. The smallest absolute Gasteiger partial charge is 0.200 e. The van der Waals surface area contributed by atoms with E-state index in [0.29, 0.717) is 12.5 Å². The standard InChI is InChI=1S/C16H19N5OS/c22-8-12(5-11-3-4-23-9-11)7-17-15-6-14(13-1-2-13)20-21-10-18-19-16(15)21/h3-4,6,9-10,12-13,17,22H,1-2,5,7-8H2. The number of anilines is 1. The summed E-state index contributed by atoms with van der Waals surface area (Å²) in [6, 6.07) is 4.20. The van der Waals surface area contributed by atoms with Crippen molar-refractivity contribution in [2.24, 2.45) is 5.92 Å². The molecule has 1 saturated carbocycles. The van der Waals surface area contributed by atoms with Gasteiger partial charge in [0.05, 0.1) is 11.4 Å². The highest BCUT2D eigenvalue weighted by Crippen LogP contribution is 2.39. The molecule has 0 bridgehead atoms. The molecule has 6 nitrogen and oxygen atoms in total. The Balaban J connectivity index is 1.51. The summed E-state index contributed by atoms with van der Waals surface area (Å²) >= 11 is 1.69. The van der Waals surface area contributed by atoms with E-state index in [9.17, 15) is 5.11 Å². The number of aliphatic hydroxyl groups excluding tert-OH is 1. The van der Waals surface area contributed by atoms with Gasteiger partial charge in [-0.25, -0.2) is 0 Å². The number of nitrogens with zero attached hydrogens (tertiary/aromatic N) is 4. The molecular weight excluding hydrogens is 310 g/mol. The lowest BCUT2D eigenvalue weighted by Crippen LogP contribution is -2.20. The lowest BCUT2D eigenvalue weighted by atomic mass is 10.0. The summed E-state index contributed by atoms with van der Waals surface area (Å²) < 4.78 is 1.74. The topological polar surface area (TPSA) is 75.3 Å². The van der Waals surface area contributed by atoms with Crippen molar-refractivity contribution in [3.63, 3.8) is 0 Å². The molecule has 23 heavy (non-hydrogen) atoms. The van der Waals surface area contributed by atoms with Crippen LogP contribution in [0.4, 0.5) is 5.69 Å². The summed E-state index contributed by atoms with van der Waals surface area (Å²) in [7, 11) is 0. The van der Waals surface area contributed by atoms with Gasteiger partial charge in [-0.15, -0.1) is 10.2 Å². The molecule has 0 aromatic carbocycles. The summed E-state index contributed by atoms with van der Waals surface area (Å²) in [5.74, 6) is 0.743. The summed E-state index contributed by atoms with van der Waals surface area (Å²) in [6.07, 6.45) is 4.92. The van der Waals surface area contributed by atoms with Crippen LogP contribution in [0.3, 0.4) is 0 Å². The Morgan fingerprint density at radius 3 is 3.09 bits per heavy atom. The first-order chi connectivity index (χ1) is 11.3. The van der Waals surface area contributed by atoms with E-state index in [2.05, 4.69) is 43.5 Å². The maximum Gasteiger partial charge on any atom is 0.200 e. The number of aromatic nitrogens is 4. The van der Waals surface area contributed by atoms with E-state index in [1.54, 1.807) is 22.2 Å². The highest BCUT2D eigenvalue weighted by molar-refractivity contribution is 7.07. The lowest BCUT2D eigenvalue weighted by Gasteiger charge is -2.16. The van der Waals surface area contributed by atoms with Crippen LogP contribution in [0.25, 0.3) is 5.65 Å². The Morgan fingerprint density at radius 1 is 1.43 bits per heavy atom. The quantitative estimate of drug-likeness (QED) is 0.696. The normalized spacial score (nSPS) is 15.9. The molecule has 3 heterocycles. The number of thiophene rings is 1. The highest BCUT2D eigenvalue weighted by Gasteiger charge is 2.26. The van der Waals surface area contributed by atoms with Crippen molar-refractivity contribution in [3.05, 3.63) is 40.5 Å². The first-order valence-electron chi connectivity index (χ1n) is 7.90. The molecule has 0 aliphatic heterocycles. The molecule has 1 fully saturated rings. The third kappa shape index (κ3) is 3.20. The predicted octanol–water partition coefficient (Wildman–Crippen LogP) is 2.33. The van der Waals surface area contributed by atoms with Crippen molar-refractivity contribution in [1.29, 1.82) is 0 Å². The van der Waals surface area contributed by atoms with Crippen molar-refractivity contribution in [2.45, 2.75) is 25.2 Å². The first kappa shape index (κ1) is 14.6. The average Bonchev–Trinajstić information content (AvgIpc) is 3.09. The van der Waals surface area contributed by atoms with Crippen LogP contribution in [-0.2, 0) is 6.42 Å². The molecule has 120 valence electrons. The molecule has 0 spiro atoms. The molecule has 2 N–H and O–H groups in total. The lowest BCUT2D eigenvalue weighted by molar-refractivity contribution is 0.233. The van der Waals surface area contributed by atoms with Gasteiger partial charge in [0.25, 0.3) is 0 Å². The zero-order valence-electron chi connectivity index (χ0n) is 12.7. The SMILES string of the molecule is OCC(CNc1cc(C2CC2)nn2cnnc12)Cc1ccsc1. The molecule has 0 amide bonds. The van der Waals surface area contributed by atoms with E-state index >= 15 is 0 Å². The Hall–Kier alpha value is -1.99. The molecular formula is C16H19N5OS. The minimum absolute atomic E-state index is 0.159. The number of hydrogen-bond donors (Lipinski definition) is 2. The maximum absolute atomic E-state index is 9.65. The minimum atomic E-state index is 0.159. The van der Waals surface area contributed by atoms with E-state index in [4.69, 9.17) is 0 Å². The third-order valence-electron chi connectivity index (χ3n) is 4.23. The zero-order valence-corrected chi connectivity index (χ0v) is 13.5. The van der Waals surface area contributed by atoms with E-state index < -0.39 is 0 Å². The second-order valence-corrected chi connectivity index (χ2v) is 6.90.